The predicted molar refractivity (Wildman–Crippen MR) is 223 cm³/mol. The van der Waals surface area contributed by atoms with Crippen LogP contribution in [0.2, 0.25) is 0 Å². The van der Waals surface area contributed by atoms with Gasteiger partial charge in [0.2, 0.25) is 5.78 Å². The number of carbonyl (C=O) groups is 2. The molecule has 8 aliphatic carbocycles. The van der Waals surface area contributed by atoms with Gasteiger partial charge in [0.15, 0.2) is 23.1 Å². The van der Waals surface area contributed by atoms with E-state index in [0.29, 0.717) is 71.8 Å². The third-order valence-corrected chi connectivity index (χ3v) is 18.0. The Balaban J connectivity index is 1.15. The largest absolute Gasteiger partial charge is 0.507 e. The van der Waals surface area contributed by atoms with Crippen molar-refractivity contribution in [3.63, 3.8) is 0 Å². The van der Waals surface area contributed by atoms with Crippen LogP contribution in [0.25, 0.3) is 10.8 Å². The van der Waals surface area contributed by atoms with Gasteiger partial charge in [-0.2, -0.15) is 0 Å². The smallest absolute Gasteiger partial charge is 0.262 e. The molecule has 4 fully saturated rings. The first kappa shape index (κ1) is 37.9. The topological polar surface area (TPSA) is 199 Å². The Hall–Kier alpha value is -4.61. The van der Waals surface area contributed by atoms with E-state index in [1.807, 2.05) is 0 Å². The minimum Gasteiger partial charge on any atom is -0.507 e. The molecule has 2 aromatic carbocycles. The molecule has 12 aliphatic rings. The highest BCUT2D eigenvalue weighted by Crippen LogP contribution is 2.73. The van der Waals surface area contributed by atoms with Gasteiger partial charge in [0.1, 0.15) is 23.4 Å². The predicted octanol–water partition coefficient (Wildman–Crippen LogP) is 5.05. The maximum atomic E-state index is 15.0. The van der Waals surface area contributed by atoms with Crippen molar-refractivity contribution in [2.24, 2.45) is 28.1 Å². The Bertz CT molecular complexity index is 2760. The average Bonchev–Trinajstić information content (AvgIpc) is 3.98. The molecule has 62 heavy (non-hydrogen) atoms. The molecule has 3 saturated carbocycles. The van der Waals surface area contributed by atoms with E-state index in [1.165, 1.54) is 6.07 Å². The molecule has 1 aromatic heterocycles. The fourth-order valence-corrected chi connectivity index (χ4v) is 15.6. The number of hydrogen-bond donors (Lipinski definition) is 7. The summed E-state index contributed by atoms with van der Waals surface area (Å²) in [5.74, 6) is 2.10. The summed E-state index contributed by atoms with van der Waals surface area (Å²) in [6.07, 6.45) is 6.75. The lowest BCUT2D eigenvalue weighted by molar-refractivity contribution is -0.382. The van der Waals surface area contributed by atoms with E-state index in [0.717, 1.165) is 50.5 Å². The second-order valence-electron chi connectivity index (χ2n) is 20.8. The third kappa shape index (κ3) is 4.29. The lowest BCUT2D eigenvalue weighted by atomic mass is 9.50. The van der Waals surface area contributed by atoms with E-state index < -0.39 is 63.8 Å². The zero-order valence-electron chi connectivity index (χ0n) is 34.6. The monoisotopic (exact) mass is 838 g/mol. The number of benzene rings is 2. The van der Waals surface area contributed by atoms with Crippen molar-refractivity contribution < 1.29 is 49.7 Å². The molecule has 12 heteroatoms. The van der Waals surface area contributed by atoms with Crippen LogP contribution in [0.3, 0.4) is 0 Å². The van der Waals surface area contributed by atoms with Crippen LogP contribution < -0.4 is 10.1 Å². The molecule has 5 spiro atoms. The molecule has 0 amide bonds. The number of aryl methyl sites for hydroxylation is 1. The Morgan fingerprint density at radius 2 is 1.73 bits per heavy atom. The summed E-state index contributed by atoms with van der Waals surface area (Å²) in [6.45, 7) is 1.79. The first-order valence-electron chi connectivity index (χ1n) is 22.6. The number of ether oxygens (including phenoxy) is 2. The Morgan fingerprint density at radius 3 is 2.55 bits per heavy atom. The molecular weight excluding hydrogens is 789 g/mol. The lowest BCUT2D eigenvalue weighted by Gasteiger charge is -2.65. The Labute approximate surface area is 358 Å². The number of aromatic nitrogens is 1. The number of carbonyl (C=O) groups excluding carboxylic acids is 2. The van der Waals surface area contributed by atoms with Crippen molar-refractivity contribution in [3.8, 4) is 23.3 Å². The number of phenolic OH excluding ortho intramolecular Hbond substituents is 1. The van der Waals surface area contributed by atoms with E-state index in [9.17, 15) is 40.2 Å². The third-order valence-electron chi connectivity index (χ3n) is 18.0. The number of aromatic hydroxyl groups is 1. The van der Waals surface area contributed by atoms with Crippen molar-refractivity contribution in [2.45, 2.75) is 132 Å². The number of phenols is 1. The first-order valence-corrected chi connectivity index (χ1v) is 22.6. The summed E-state index contributed by atoms with van der Waals surface area (Å²) in [5, 5.41) is 81.2. The number of ketones is 2. The number of nitrogens with zero attached hydrogens (tertiary/aromatic N) is 1. The highest BCUT2D eigenvalue weighted by molar-refractivity contribution is 6.34. The van der Waals surface area contributed by atoms with Gasteiger partial charge in [0.05, 0.1) is 23.3 Å². The van der Waals surface area contributed by atoms with Crippen LogP contribution in [-0.4, -0.2) is 95.1 Å². The molecule has 12 nitrogen and oxygen atoms in total. The Kier molecular flexibility index (Phi) is 7.30. The minimum atomic E-state index is -2.63. The van der Waals surface area contributed by atoms with Crippen LogP contribution in [0.15, 0.2) is 53.3 Å². The molecule has 0 radical (unpaired) electrons. The van der Waals surface area contributed by atoms with Crippen LogP contribution in [0, 0.1) is 46.8 Å². The molecule has 3 aromatic rings. The van der Waals surface area contributed by atoms with E-state index in [1.54, 1.807) is 37.4 Å². The molecular formula is C50H50N2O10. The second-order valence-corrected chi connectivity index (χ2v) is 20.8. The molecule has 15 rings (SSSR count). The number of nitrogens with one attached hydrogen (secondary N) is 1. The van der Waals surface area contributed by atoms with Gasteiger partial charge in [0.25, 0.3) is 5.79 Å². The number of aliphatic hydroxyl groups excluding tert-OH is 4. The standard InChI is InChI=1S/C50H50N2O10/c1-24-16-29-35(32(53)17-24)40(56)37-33-19-28-27(36(37)39(29)55)8-15-51-41(28)52-22-34(54)47-11-5-7-30(47)25-6-4-12-48(60)43(58)49(61-33)20-26(18-25)38-31(47)21-46(42(57)50(38,62-49)44(48)59)14-13-45(23-46)9-2-3-10-45/h8,15-17,19-20,25,30,34,42-44,53-54,57-60H,2-3,5-7,9-11,13-14,18,21-23H2,1H3,(H,51,52). The van der Waals surface area contributed by atoms with Crippen molar-refractivity contribution in [2.75, 3.05) is 11.9 Å². The van der Waals surface area contributed by atoms with Crippen LogP contribution in [0.4, 0.5) is 5.82 Å². The molecule has 7 N–H and O–H groups in total. The number of rotatable bonds is 0. The van der Waals surface area contributed by atoms with E-state index >= 15 is 0 Å². The normalized spacial score (nSPS) is 41.3. The van der Waals surface area contributed by atoms with Gasteiger partial charge in [-0.05, 0) is 134 Å². The fraction of sp³-hybridized carbons (Fsp3) is 0.540. The highest BCUT2D eigenvalue weighted by atomic mass is 16.7. The molecule has 320 valence electrons. The van der Waals surface area contributed by atoms with Crippen LogP contribution in [-0.2, 0) is 4.74 Å². The van der Waals surface area contributed by atoms with Crippen LogP contribution >= 0.6 is 0 Å². The van der Waals surface area contributed by atoms with E-state index in [4.69, 9.17) is 14.5 Å². The summed E-state index contributed by atoms with van der Waals surface area (Å²) in [7, 11) is 0. The minimum absolute atomic E-state index is 0.00484. The lowest BCUT2D eigenvalue weighted by Crippen LogP contribution is -2.82. The SMILES string of the molecule is Cc1cc(O)c2c(c1)C(=O)c1c(c3cc4c(nccc14)NCC(O)C14CCCC1C1CC#CC5(O)C(O)C6(C=C(C1)C1=C4CC4(CCC7(CCCC7)C4)C(O)C1(O6)C5O)O3)C2=O. The zero-order chi connectivity index (χ0) is 42.5. The quantitative estimate of drug-likeness (QED) is 0.117. The summed E-state index contributed by atoms with van der Waals surface area (Å²) in [6, 6.07) is 6.17. The van der Waals surface area contributed by atoms with Crippen molar-refractivity contribution in [1.29, 1.82) is 0 Å². The number of fused-ring (bicyclic) bond motifs is 6. The summed E-state index contributed by atoms with van der Waals surface area (Å²) in [4.78, 5) is 34.5. The average molecular weight is 839 g/mol. The molecule has 10 bridgehead atoms. The first-order chi connectivity index (χ1) is 29.7. The molecule has 1 saturated heterocycles. The van der Waals surface area contributed by atoms with Crippen molar-refractivity contribution in [3.05, 3.63) is 81.1 Å². The summed E-state index contributed by atoms with van der Waals surface area (Å²) < 4.78 is 14.4. The van der Waals surface area contributed by atoms with Crippen LogP contribution in [0.5, 0.6) is 11.5 Å². The Morgan fingerprint density at radius 1 is 0.903 bits per heavy atom. The fourth-order valence-electron chi connectivity index (χ4n) is 15.6. The second kappa shape index (κ2) is 11.9. The molecule has 4 aliphatic heterocycles. The van der Waals surface area contributed by atoms with Gasteiger partial charge < -0.3 is 45.4 Å². The highest BCUT2D eigenvalue weighted by Gasteiger charge is 2.79. The number of hydrogen-bond acceptors (Lipinski definition) is 12. The van der Waals surface area contributed by atoms with E-state index in [-0.39, 0.29) is 57.5 Å². The maximum Gasteiger partial charge on any atom is 0.262 e. The number of anilines is 1. The number of pyridine rings is 1. The number of aliphatic hydroxyl groups is 5. The molecule has 11 atom stereocenters. The van der Waals surface area contributed by atoms with Gasteiger partial charge in [0, 0.05) is 46.5 Å². The van der Waals surface area contributed by atoms with Crippen molar-refractivity contribution >= 4 is 28.2 Å². The van der Waals surface area contributed by atoms with Crippen molar-refractivity contribution in [1.82, 2.24) is 4.98 Å². The van der Waals surface area contributed by atoms with Gasteiger partial charge in [-0.15, -0.1) is 0 Å². The zero-order valence-corrected chi connectivity index (χ0v) is 34.6. The van der Waals surface area contributed by atoms with Gasteiger partial charge in [-0.25, -0.2) is 4.98 Å². The van der Waals surface area contributed by atoms with Gasteiger partial charge in [-0.1, -0.05) is 36.7 Å². The molecule has 11 unspecified atom stereocenters. The van der Waals surface area contributed by atoms with Gasteiger partial charge in [-0.3, -0.25) is 9.59 Å². The van der Waals surface area contributed by atoms with Gasteiger partial charge >= 0.3 is 0 Å². The maximum absolute atomic E-state index is 15.0. The van der Waals surface area contributed by atoms with E-state index in [2.05, 4.69) is 17.2 Å². The molecule has 5 heterocycles. The summed E-state index contributed by atoms with van der Waals surface area (Å²) in [5.41, 5.74) is -4.00. The summed E-state index contributed by atoms with van der Waals surface area (Å²) >= 11 is 0. The van der Waals surface area contributed by atoms with Crippen LogP contribution in [0.1, 0.15) is 121 Å².